The molecular formula is C17H21Cl2NO2. The van der Waals surface area contributed by atoms with E-state index in [1.807, 2.05) is 50.2 Å². The molecule has 0 radical (unpaired) electrons. The number of aliphatic hydroxyl groups is 1. The van der Waals surface area contributed by atoms with Crippen molar-refractivity contribution in [1.82, 2.24) is 0 Å². The van der Waals surface area contributed by atoms with E-state index in [0.717, 1.165) is 16.9 Å². The summed E-state index contributed by atoms with van der Waals surface area (Å²) in [5, 5.41) is 11.0. The van der Waals surface area contributed by atoms with Crippen molar-refractivity contribution in [3.63, 3.8) is 0 Å². The fourth-order valence-electron chi connectivity index (χ4n) is 2.09. The van der Waals surface area contributed by atoms with E-state index in [1.54, 1.807) is 12.1 Å². The second-order valence-electron chi connectivity index (χ2n) is 5.26. The van der Waals surface area contributed by atoms with Gasteiger partial charge in [-0.1, -0.05) is 35.9 Å². The first-order valence-electron chi connectivity index (χ1n) is 6.93. The van der Waals surface area contributed by atoms with Crippen molar-refractivity contribution in [2.45, 2.75) is 32.1 Å². The molecule has 22 heavy (non-hydrogen) atoms. The van der Waals surface area contributed by atoms with E-state index in [4.69, 9.17) is 22.1 Å². The highest BCUT2D eigenvalue weighted by atomic mass is 35.5. The molecule has 0 aromatic heterocycles. The van der Waals surface area contributed by atoms with E-state index in [2.05, 4.69) is 0 Å². The van der Waals surface area contributed by atoms with Crippen LogP contribution in [0.3, 0.4) is 0 Å². The molecule has 0 aliphatic rings. The lowest BCUT2D eigenvalue weighted by molar-refractivity contribution is 0.147. The summed E-state index contributed by atoms with van der Waals surface area (Å²) in [5.41, 5.74) is 7.72. The molecule has 2 unspecified atom stereocenters. The minimum atomic E-state index is -0.778. The number of rotatable bonds is 5. The Morgan fingerprint density at radius 2 is 1.45 bits per heavy atom. The molecule has 3 nitrogen and oxygen atoms in total. The molecule has 0 spiro atoms. The van der Waals surface area contributed by atoms with E-state index in [9.17, 15) is 5.11 Å². The van der Waals surface area contributed by atoms with E-state index in [-0.39, 0.29) is 18.5 Å². The van der Waals surface area contributed by atoms with Gasteiger partial charge in [0.25, 0.3) is 0 Å². The maximum atomic E-state index is 10.4. The van der Waals surface area contributed by atoms with Crippen LogP contribution in [0.1, 0.15) is 37.1 Å². The normalized spacial score (nSPS) is 13.4. The molecule has 5 heteroatoms. The Hall–Kier alpha value is -1.26. The highest BCUT2D eigenvalue weighted by molar-refractivity contribution is 6.30. The SMILES string of the molecule is CC(C)Oc1ccc(C(O)C(N)c2ccc(Cl)cc2)cc1.Cl. The minimum absolute atomic E-state index is 0. The number of benzene rings is 2. The standard InChI is InChI=1S/C17H20ClNO2.ClH/c1-11(2)21-15-9-5-13(6-10-15)17(20)16(19)12-3-7-14(18)8-4-12;/h3-11,16-17,20H,19H2,1-2H3;1H. The van der Waals surface area contributed by atoms with Gasteiger partial charge >= 0.3 is 0 Å². The Balaban J connectivity index is 0.00000242. The topological polar surface area (TPSA) is 55.5 Å². The Labute approximate surface area is 142 Å². The molecule has 2 atom stereocenters. The third-order valence-electron chi connectivity index (χ3n) is 3.19. The lowest BCUT2D eigenvalue weighted by atomic mass is 9.96. The van der Waals surface area contributed by atoms with Crippen molar-refractivity contribution in [2.75, 3.05) is 0 Å². The van der Waals surface area contributed by atoms with Crippen LogP contribution in [-0.2, 0) is 0 Å². The van der Waals surface area contributed by atoms with Gasteiger partial charge in [-0.25, -0.2) is 0 Å². The fraction of sp³-hybridized carbons (Fsp3) is 0.294. The van der Waals surface area contributed by atoms with Crippen molar-refractivity contribution in [3.8, 4) is 5.75 Å². The molecule has 0 bridgehead atoms. The Morgan fingerprint density at radius 3 is 1.95 bits per heavy atom. The number of aliphatic hydroxyl groups excluding tert-OH is 1. The zero-order chi connectivity index (χ0) is 15.4. The average molecular weight is 342 g/mol. The Bertz CT molecular complexity index is 570. The second-order valence-corrected chi connectivity index (χ2v) is 5.69. The maximum absolute atomic E-state index is 10.4. The third kappa shape index (κ3) is 4.89. The predicted octanol–water partition coefficient (Wildman–Crippen LogP) is 4.28. The van der Waals surface area contributed by atoms with Crippen LogP contribution in [0.5, 0.6) is 5.75 Å². The van der Waals surface area contributed by atoms with Gasteiger partial charge in [-0.2, -0.15) is 0 Å². The monoisotopic (exact) mass is 341 g/mol. The summed E-state index contributed by atoms with van der Waals surface area (Å²) in [7, 11) is 0. The molecule has 0 aliphatic heterocycles. The summed E-state index contributed by atoms with van der Waals surface area (Å²) in [6, 6.07) is 14.0. The fourth-order valence-corrected chi connectivity index (χ4v) is 2.22. The van der Waals surface area contributed by atoms with Crippen LogP contribution in [0.4, 0.5) is 0 Å². The lowest BCUT2D eigenvalue weighted by Crippen LogP contribution is -2.19. The van der Waals surface area contributed by atoms with Crippen molar-refractivity contribution in [3.05, 3.63) is 64.7 Å². The van der Waals surface area contributed by atoms with Crippen LogP contribution < -0.4 is 10.5 Å². The summed E-state index contributed by atoms with van der Waals surface area (Å²) in [5.74, 6) is 0.779. The van der Waals surface area contributed by atoms with Crippen molar-refractivity contribution < 1.29 is 9.84 Å². The van der Waals surface area contributed by atoms with Gasteiger partial charge in [0.05, 0.1) is 18.2 Å². The summed E-state index contributed by atoms with van der Waals surface area (Å²) in [6.45, 7) is 3.94. The van der Waals surface area contributed by atoms with Crippen molar-refractivity contribution >= 4 is 24.0 Å². The lowest BCUT2D eigenvalue weighted by Gasteiger charge is -2.20. The van der Waals surface area contributed by atoms with E-state index in [1.165, 1.54) is 0 Å². The summed E-state index contributed by atoms with van der Waals surface area (Å²) in [4.78, 5) is 0. The molecule has 0 saturated heterocycles. The van der Waals surface area contributed by atoms with Crippen LogP contribution in [0.25, 0.3) is 0 Å². The number of halogens is 2. The quantitative estimate of drug-likeness (QED) is 0.853. The maximum Gasteiger partial charge on any atom is 0.119 e. The number of nitrogens with two attached hydrogens (primary N) is 1. The average Bonchev–Trinajstić information content (AvgIpc) is 2.47. The highest BCUT2D eigenvalue weighted by Gasteiger charge is 2.18. The molecule has 2 rings (SSSR count). The van der Waals surface area contributed by atoms with Crippen LogP contribution in [0.15, 0.2) is 48.5 Å². The van der Waals surface area contributed by atoms with Gasteiger partial charge in [-0.15, -0.1) is 12.4 Å². The van der Waals surface area contributed by atoms with Crippen LogP contribution in [0.2, 0.25) is 5.02 Å². The Morgan fingerprint density at radius 1 is 0.955 bits per heavy atom. The zero-order valence-corrected chi connectivity index (χ0v) is 14.1. The molecule has 0 aliphatic carbocycles. The van der Waals surface area contributed by atoms with Gasteiger partial charge in [0.1, 0.15) is 5.75 Å². The third-order valence-corrected chi connectivity index (χ3v) is 3.44. The first-order chi connectivity index (χ1) is 9.97. The predicted molar refractivity (Wildman–Crippen MR) is 92.8 cm³/mol. The van der Waals surface area contributed by atoms with Crippen molar-refractivity contribution in [2.24, 2.45) is 5.73 Å². The van der Waals surface area contributed by atoms with E-state index < -0.39 is 12.1 Å². The second kappa shape index (κ2) is 8.39. The van der Waals surface area contributed by atoms with Crippen LogP contribution >= 0.6 is 24.0 Å². The van der Waals surface area contributed by atoms with Gasteiger partial charge in [-0.3, -0.25) is 0 Å². The molecule has 0 heterocycles. The Kier molecular flexibility index (Phi) is 7.17. The van der Waals surface area contributed by atoms with Gasteiger partial charge in [0, 0.05) is 5.02 Å². The number of hydrogen-bond donors (Lipinski definition) is 2. The van der Waals surface area contributed by atoms with Gasteiger partial charge in [0.2, 0.25) is 0 Å². The van der Waals surface area contributed by atoms with Gasteiger partial charge < -0.3 is 15.6 Å². The van der Waals surface area contributed by atoms with Gasteiger partial charge in [-0.05, 0) is 49.2 Å². The smallest absolute Gasteiger partial charge is 0.119 e. The molecule has 0 amide bonds. The molecule has 120 valence electrons. The van der Waals surface area contributed by atoms with Gasteiger partial charge in [0.15, 0.2) is 0 Å². The molecule has 0 saturated carbocycles. The van der Waals surface area contributed by atoms with Crippen LogP contribution in [0, 0.1) is 0 Å². The highest BCUT2D eigenvalue weighted by Crippen LogP contribution is 2.28. The summed E-state index contributed by atoms with van der Waals surface area (Å²) < 4.78 is 5.58. The number of hydrogen-bond acceptors (Lipinski definition) is 3. The molecule has 3 N–H and O–H groups in total. The summed E-state index contributed by atoms with van der Waals surface area (Å²) >= 11 is 5.85. The zero-order valence-electron chi connectivity index (χ0n) is 12.6. The van der Waals surface area contributed by atoms with Crippen LogP contribution in [-0.4, -0.2) is 11.2 Å². The summed E-state index contributed by atoms with van der Waals surface area (Å²) in [6.07, 6.45) is -0.656. The minimum Gasteiger partial charge on any atom is -0.491 e. The van der Waals surface area contributed by atoms with E-state index in [0.29, 0.717) is 5.02 Å². The first-order valence-corrected chi connectivity index (χ1v) is 7.31. The first kappa shape index (κ1) is 18.8. The molecule has 2 aromatic carbocycles. The van der Waals surface area contributed by atoms with E-state index >= 15 is 0 Å². The van der Waals surface area contributed by atoms with Crippen molar-refractivity contribution in [1.29, 1.82) is 0 Å². The molecular weight excluding hydrogens is 321 g/mol. The molecule has 2 aromatic rings. The molecule has 0 fully saturated rings. The number of ether oxygens (including phenoxy) is 1. The largest absolute Gasteiger partial charge is 0.491 e.